The van der Waals surface area contributed by atoms with Gasteiger partial charge in [-0.15, -0.1) is 0 Å². The summed E-state index contributed by atoms with van der Waals surface area (Å²) in [5.74, 6) is 1.22. The molecule has 3 aromatic carbocycles. The molecule has 5 nitrogen and oxygen atoms in total. The number of benzene rings is 3. The molecule has 0 aliphatic carbocycles. The summed E-state index contributed by atoms with van der Waals surface area (Å²) in [4.78, 5) is 17.0. The predicted octanol–water partition coefficient (Wildman–Crippen LogP) is 6.18. The summed E-state index contributed by atoms with van der Waals surface area (Å²) in [6.45, 7) is 2.27. The van der Waals surface area contributed by atoms with Crippen molar-refractivity contribution < 1.29 is 13.9 Å². The second kappa shape index (κ2) is 7.65. The quantitative estimate of drug-likeness (QED) is 0.373. The van der Waals surface area contributed by atoms with Gasteiger partial charge in [0.2, 0.25) is 0 Å². The molecule has 5 rings (SSSR count). The lowest BCUT2D eigenvalue weighted by Gasteiger charge is -2.05. The van der Waals surface area contributed by atoms with Crippen LogP contribution in [0.4, 0.5) is 5.13 Å². The normalized spacial score (nSPS) is 11.1. The highest BCUT2D eigenvalue weighted by Crippen LogP contribution is 2.27. The number of hydrogen-bond donors (Lipinski definition) is 1. The van der Waals surface area contributed by atoms with Crippen LogP contribution in [0.25, 0.3) is 21.0 Å². The van der Waals surface area contributed by atoms with Gasteiger partial charge in [0.05, 0.1) is 10.2 Å². The molecule has 1 N–H and O–H groups in total. The number of amides is 1. The van der Waals surface area contributed by atoms with Crippen LogP contribution in [0.1, 0.15) is 21.9 Å². The first-order chi connectivity index (χ1) is 14.6. The van der Waals surface area contributed by atoms with Crippen molar-refractivity contribution in [2.75, 3.05) is 5.32 Å². The Hall–Kier alpha value is -3.64. The number of nitrogens with zero attached hydrogens (tertiary/aromatic N) is 1. The van der Waals surface area contributed by atoms with Crippen molar-refractivity contribution in [3.8, 4) is 5.75 Å². The number of aromatic nitrogens is 1. The summed E-state index contributed by atoms with van der Waals surface area (Å²) in [5, 5.41) is 5.63. The van der Waals surface area contributed by atoms with E-state index in [2.05, 4.69) is 22.4 Å². The highest BCUT2D eigenvalue weighted by atomic mass is 32.1. The van der Waals surface area contributed by atoms with E-state index in [-0.39, 0.29) is 18.3 Å². The minimum absolute atomic E-state index is 0.225. The van der Waals surface area contributed by atoms with E-state index in [1.54, 1.807) is 12.1 Å². The number of carbonyl (C=O) groups excluding carboxylic acids is 1. The van der Waals surface area contributed by atoms with Gasteiger partial charge in [-0.3, -0.25) is 10.1 Å². The molecule has 1 amide bonds. The summed E-state index contributed by atoms with van der Waals surface area (Å²) in [5.41, 5.74) is 2.02. The van der Waals surface area contributed by atoms with E-state index in [0.717, 1.165) is 32.3 Å². The molecule has 0 aliphatic heterocycles. The van der Waals surface area contributed by atoms with Crippen molar-refractivity contribution in [3.63, 3.8) is 0 Å². The molecule has 0 saturated heterocycles. The first-order valence-electron chi connectivity index (χ1n) is 9.53. The van der Waals surface area contributed by atoms with Crippen LogP contribution in [-0.2, 0) is 6.61 Å². The van der Waals surface area contributed by atoms with E-state index in [0.29, 0.717) is 10.9 Å². The van der Waals surface area contributed by atoms with Crippen LogP contribution in [0, 0.1) is 6.92 Å². The molecule has 30 heavy (non-hydrogen) atoms. The van der Waals surface area contributed by atoms with Crippen LogP contribution >= 0.6 is 11.3 Å². The van der Waals surface area contributed by atoms with Crippen molar-refractivity contribution >= 4 is 43.4 Å². The van der Waals surface area contributed by atoms with Crippen molar-refractivity contribution in [3.05, 3.63) is 89.9 Å². The summed E-state index contributed by atoms with van der Waals surface area (Å²) < 4.78 is 12.5. The minimum atomic E-state index is -0.331. The Kier molecular flexibility index (Phi) is 4.69. The largest absolute Gasteiger partial charge is 0.486 e. The first-order valence-corrected chi connectivity index (χ1v) is 10.3. The van der Waals surface area contributed by atoms with Crippen LogP contribution in [0.2, 0.25) is 0 Å². The van der Waals surface area contributed by atoms with Gasteiger partial charge in [-0.25, -0.2) is 4.98 Å². The smallest absolute Gasteiger partial charge is 0.293 e. The van der Waals surface area contributed by atoms with E-state index >= 15 is 0 Å². The number of furan rings is 1. The van der Waals surface area contributed by atoms with Crippen molar-refractivity contribution in [1.29, 1.82) is 0 Å². The van der Waals surface area contributed by atoms with Crippen LogP contribution in [0.15, 0.2) is 77.2 Å². The van der Waals surface area contributed by atoms with E-state index < -0.39 is 0 Å². The number of thiazole rings is 1. The van der Waals surface area contributed by atoms with Crippen LogP contribution in [-0.4, -0.2) is 10.9 Å². The summed E-state index contributed by atoms with van der Waals surface area (Å²) >= 11 is 1.44. The Balaban J connectivity index is 1.25. The number of carbonyl (C=O) groups is 1. The lowest BCUT2D eigenvalue weighted by Crippen LogP contribution is -2.10. The van der Waals surface area contributed by atoms with Crippen molar-refractivity contribution in [1.82, 2.24) is 4.98 Å². The molecular weight excluding hydrogens is 396 g/mol. The molecule has 148 valence electrons. The summed E-state index contributed by atoms with van der Waals surface area (Å²) in [7, 11) is 0. The van der Waals surface area contributed by atoms with Crippen LogP contribution in [0.5, 0.6) is 5.75 Å². The first kappa shape index (κ1) is 18.4. The van der Waals surface area contributed by atoms with Gasteiger partial charge in [-0.2, -0.15) is 0 Å². The molecule has 0 fully saturated rings. The molecule has 0 saturated carbocycles. The number of hydrogen-bond acceptors (Lipinski definition) is 5. The average Bonchev–Trinajstić information content (AvgIpc) is 3.38. The second-order valence-corrected chi connectivity index (χ2v) is 8.04. The van der Waals surface area contributed by atoms with Crippen LogP contribution in [0.3, 0.4) is 0 Å². The fraction of sp³-hybridized carbons (Fsp3) is 0.0833. The third kappa shape index (κ3) is 3.77. The maximum absolute atomic E-state index is 12.5. The highest BCUT2D eigenvalue weighted by Gasteiger charge is 2.14. The number of rotatable bonds is 5. The molecule has 0 aliphatic rings. The van der Waals surface area contributed by atoms with Gasteiger partial charge in [0.15, 0.2) is 10.9 Å². The lowest BCUT2D eigenvalue weighted by molar-refractivity contribution is 0.0992. The minimum Gasteiger partial charge on any atom is -0.486 e. The van der Waals surface area contributed by atoms with E-state index in [4.69, 9.17) is 9.15 Å². The van der Waals surface area contributed by atoms with Gasteiger partial charge in [0, 0.05) is 0 Å². The highest BCUT2D eigenvalue weighted by molar-refractivity contribution is 7.22. The SMILES string of the molecule is Cc1ccc2nc(NC(=O)c3ccc(COc4ccc5ccccc5c4)o3)sc2c1. The maximum atomic E-state index is 12.5. The Morgan fingerprint density at radius 3 is 2.80 bits per heavy atom. The molecule has 2 heterocycles. The lowest BCUT2D eigenvalue weighted by atomic mass is 10.1. The number of anilines is 1. The number of fused-ring (bicyclic) bond motifs is 2. The molecule has 0 bridgehead atoms. The monoisotopic (exact) mass is 414 g/mol. The molecule has 5 aromatic rings. The Labute approximate surface area is 176 Å². The van der Waals surface area contributed by atoms with Crippen molar-refractivity contribution in [2.45, 2.75) is 13.5 Å². The molecule has 0 unspecified atom stereocenters. The van der Waals surface area contributed by atoms with E-state index in [1.807, 2.05) is 55.5 Å². The van der Waals surface area contributed by atoms with E-state index in [9.17, 15) is 4.79 Å². The molecule has 6 heteroatoms. The second-order valence-electron chi connectivity index (χ2n) is 7.01. The fourth-order valence-corrected chi connectivity index (χ4v) is 4.19. The molecule has 2 aromatic heterocycles. The zero-order valence-electron chi connectivity index (χ0n) is 16.2. The standard InChI is InChI=1S/C24H18N2O3S/c1-15-6-10-20-22(12-15)30-24(25-20)26-23(27)21-11-9-19(29-21)14-28-18-8-7-16-4-2-3-5-17(16)13-18/h2-13H,14H2,1H3,(H,25,26,27). The van der Waals surface area contributed by atoms with Crippen LogP contribution < -0.4 is 10.1 Å². The molecular formula is C24H18N2O3S. The average molecular weight is 414 g/mol. The number of nitrogens with one attached hydrogen (secondary N) is 1. The molecule has 0 atom stereocenters. The molecule has 0 radical (unpaired) electrons. The zero-order valence-corrected chi connectivity index (χ0v) is 17.0. The van der Waals surface area contributed by atoms with Gasteiger partial charge in [-0.1, -0.05) is 47.7 Å². The third-order valence-electron chi connectivity index (χ3n) is 4.75. The van der Waals surface area contributed by atoms with Gasteiger partial charge in [-0.05, 0) is 59.7 Å². The topological polar surface area (TPSA) is 64.4 Å². The summed E-state index contributed by atoms with van der Waals surface area (Å²) in [6, 6.07) is 23.4. The van der Waals surface area contributed by atoms with Gasteiger partial charge >= 0.3 is 0 Å². The Bertz CT molecular complexity index is 1370. The van der Waals surface area contributed by atoms with Gasteiger partial charge < -0.3 is 9.15 Å². The van der Waals surface area contributed by atoms with E-state index in [1.165, 1.54) is 11.3 Å². The predicted molar refractivity (Wildman–Crippen MR) is 119 cm³/mol. The number of aryl methyl sites for hydroxylation is 1. The zero-order chi connectivity index (χ0) is 20.5. The Morgan fingerprint density at radius 2 is 1.90 bits per heavy atom. The van der Waals surface area contributed by atoms with Gasteiger partial charge in [0.1, 0.15) is 18.1 Å². The fourth-order valence-electron chi connectivity index (χ4n) is 3.23. The van der Waals surface area contributed by atoms with Gasteiger partial charge in [0.25, 0.3) is 5.91 Å². The summed E-state index contributed by atoms with van der Waals surface area (Å²) in [6.07, 6.45) is 0. The third-order valence-corrected chi connectivity index (χ3v) is 5.69. The molecule has 0 spiro atoms. The maximum Gasteiger partial charge on any atom is 0.293 e. The number of ether oxygens (including phenoxy) is 1. The van der Waals surface area contributed by atoms with Crippen molar-refractivity contribution in [2.24, 2.45) is 0 Å². The Morgan fingerprint density at radius 1 is 1.03 bits per heavy atom.